The average Bonchev–Trinajstić information content (AvgIpc) is 2.38. The number of halogens is 1. The standard InChI is InChI=1S/C14H20FNS/c1-2-14(12-5-3-4-6-13(12)15)16-11-7-9-17-10-8-11/h3-6,11,14,16H,2,7-10H2,1H3. The predicted molar refractivity (Wildman–Crippen MR) is 72.9 cm³/mol. The lowest BCUT2D eigenvalue weighted by molar-refractivity contribution is 0.396. The minimum absolute atomic E-state index is 0.0861. The van der Waals surface area contributed by atoms with Crippen LogP contribution in [0.3, 0.4) is 0 Å². The molecule has 1 unspecified atom stereocenters. The van der Waals surface area contributed by atoms with Gasteiger partial charge < -0.3 is 5.32 Å². The van der Waals surface area contributed by atoms with Gasteiger partial charge in [0.15, 0.2) is 0 Å². The molecular weight excluding hydrogens is 233 g/mol. The van der Waals surface area contributed by atoms with E-state index in [4.69, 9.17) is 0 Å². The van der Waals surface area contributed by atoms with Crippen LogP contribution in [0.4, 0.5) is 4.39 Å². The van der Waals surface area contributed by atoms with Crippen molar-refractivity contribution in [1.29, 1.82) is 0 Å². The van der Waals surface area contributed by atoms with Gasteiger partial charge in [-0.25, -0.2) is 4.39 Å². The van der Waals surface area contributed by atoms with Crippen LogP contribution in [-0.4, -0.2) is 17.5 Å². The van der Waals surface area contributed by atoms with Crippen molar-refractivity contribution >= 4 is 11.8 Å². The lowest BCUT2D eigenvalue weighted by Gasteiger charge is -2.28. The first-order chi connectivity index (χ1) is 8.31. The van der Waals surface area contributed by atoms with E-state index in [2.05, 4.69) is 12.2 Å². The van der Waals surface area contributed by atoms with Crippen LogP contribution in [0.1, 0.15) is 37.8 Å². The number of benzene rings is 1. The monoisotopic (exact) mass is 253 g/mol. The second-order valence-corrected chi connectivity index (χ2v) is 5.76. The number of hydrogen-bond donors (Lipinski definition) is 1. The highest BCUT2D eigenvalue weighted by atomic mass is 32.2. The maximum atomic E-state index is 13.7. The van der Waals surface area contributed by atoms with Gasteiger partial charge in [0.25, 0.3) is 0 Å². The molecule has 0 saturated carbocycles. The second kappa shape index (κ2) is 6.41. The first-order valence-electron chi connectivity index (χ1n) is 6.39. The minimum atomic E-state index is -0.0861. The molecule has 1 nitrogen and oxygen atoms in total. The highest BCUT2D eigenvalue weighted by Gasteiger charge is 2.19. The topological polar surface area (TPSA) is 12.0 Å². The maximum absolute atomic E-state index is 13.7. The largest absolute Gasteiger partial charge is 0.307 e. The first-order valence-corrected chi connectivity index (χ1v) is 7.55. The summed E-state index contributed by atoms with van der Waals surface area (Å²) in [6, 6.07) is 7.83. The van der Waals surface area contributed by atoms with Gasteiger partial charge in [-0.3, -0.25) is 0 Å². The number of rotatable bonds is 4. The molecule has 3 heteroatoms. The number of hydrogen-bond acceptors (Lipinski definition) is 2. The Labute approximate surface area is 107 Å². The van der Waals surface area contributed by atoms with Crippen molar-refractivity contribution in [1.82, 2.24) is 5.32 Å². The Morgan fingerprint density at radius 1 is 1.35 bits per heavy atom. The van der Waals surface area contributed by atoms with Gasteiger partial charge in [0, 0.05) is 17.6 Å². The zero-order chi connectivity index (χ0) is 12.1. The Kier molecular flexibility index (Phi) is 4.86. The molecule has 1 aliphatic rings. The summed E-state index contributed by atoms with van der Waals surface area (Å²) >= 11 is 2.02. The molecule has 1 aromatic carbocycles. The molecule has 0 amide bonds. The summed E-state index contributed by atoms with van der Waals surface area (Å²) in [7, 11) is 0. The van der Waals surface area contributed by atoms with Crippen molar-refractivity contribution in [2.45, 2.75) is 38.3 Å². The van der Waals surface area contributed by atoms with E-state index in [1.807, 2.05) is 23.9 Å². The number of thioether (sulfide) groups is 1. The summed E-state index contributed by atoms with van der Waals surface area (Å²) in [5, 5.41) is 3.61. The molecule has 1 heterocycles. The van der Waals surface area contributed by atoms with Gasteiger partial charge in [0.2, 0.25) is 0 Å². The van der Waals surface area contributed by atoms with Crippen LogP contribution < -0.4 is 5.32 Å². The molecule has 1 N–H and O–H groups in total. The molecule has 2 rings (SSSR count). The molecule has 1 aliphatic heterocycles. The fourth-order valence-corrected chi connectivity index (χ4v) is 3.44. The van der Waals surface area contributed by atoms with Crippen molar-refractivity contribution in [2.75, 3.05) is 11.5 Å². The third-order valence-electron chi connectivity index (χ3n) is 3.35. The summed E-state index contributed by atoms with van der Waals surface area (Å²) in [6.45, 7) is 2.11. The molecule has 1 saturated heterocycles. The van der Waals surface area contributed by atoms with Gasteiger partial charge in [-0.1, -0.05) is 25.1 Å². The Balaban J connectivity index is 2.03. The van der Waals surface area contributed by atoms with Gasteiger partial charge in [0.05, 0.1) is 0 Å². The van der Waals surface area contributed by atoms with Crippen LogP contribution >= 0.6 is 11.8 Å². The Morgan fingerprint density at radius 2 is 2.06 bits per heavy atom. The van der Waals surface area contributed by atoms with Crippen molar-refractivity contribution in [3.63, 3.8) is 0 Å². The molecular formula is C14H20FNS. The van der Waals surface area contributed by atoms with E-state index in [1.165, 1.54) is 24.3 Å². The zero-order valence-corrected chi connectivity index (χ0v) is 11.1. The van der Waals surface area contributed by atoms with Crippen LogP contribution in [0.2, 0.25) is 0 Å². The molecule has 1 atom stereocenters. The predicted octanol–water partition coefficient (Wildman–Crippen LogP) is 3.76. The molecule has 0 spiro atoms. The van der Waals surface area contributed by atoms with E-state index in [9.17, 15) is 4.39 Å². The summed E-state index contributed by atoms with van der Waals surface area (Å²) in [6.07, 6.45) is 3.34. The fourth-order valence-electron chi connectivity index (χ4n) is 2.33. The van der Waals surface area contributed by atoms with Crippen molar-refractivity contribution in [3.8, 4) is 0 Å². The molecule has 94 valence electrons. The van der Waals surface area contributed by atoms with E-state index in [0.29, 0.717) is 6.04 Å². The normalized spacial score (nSPS) is 19.2. The van der Waals surface area contributed by atoms with E-state index in [-0.39, 0.29) is 11.9 Å². The first kappa shape index (κ1) is 12.9. The van der Waals surface area contributed by atoms with Gasteiger partial charge in [0.1, 0.15) is 5.82 Å². The Hall–Kier alpha value is -0.540. The smallest absolute Gasteiger partial charge is 0.127 e. The van der Waals surface area contributed by atoms with Crippen LogP contribution in [0.25, 0.3) is 0 Å². The van der Waals surface area contributed by atoms with E-state index >= 15 is 0 Å². The molecule has 0 bridgehead atoms. The van der Waals surface area contributed by atoms with Crippen molar-refractivity contribution in [2.24, 2.45) is 0 Å². The van der Waals surface area contributed by atoms with Crippen LogP contribution in [0.15, 0.2) is 24.3 Å². The highest BCUT2D eigenvalue weighted by Crippen LogP contribution is 2.24. The van der Waals surface area contributed by atoms with Crippen molar-refractivity contribution in [3.05, 3.63) is 35.6 Å². The van der Waals surface area contributed by atoms with E-state index in [0.717, 1.165) is 12.0 Å². The van der Waals surface area contributed by atoms with Crippen LogP contribution in [-0.2, 0) is 0 Å². The minimum Gasteiger partial charge on any atom is -0.307 e. The average molecular weight is 253 g/mol. The molecule has 0 radical (unpaired) electrons. The lowest BCUT2D eigenvalue weighted by atomic mass is 10.0. The van der Waals surface area contributed by atoms with Gasteiger partial charge in [-0.15, -0.1) is 0 Å². The highest BCUT2D eigenvalue weighted by molar-refractivity contribution is 7.99. The Bertz CT molecular complexity index is 350. The second-order valence-electron chi connectivity index (χ2n) is 4.54. The van der Waals surface area contributed by atoms with Crippen LogP contribution in [0.5, 0.6) is 0 Å². The van der Waals surface area contributed by atoms with Gasteiger partial charge in [-0.2, -0.15) is 11.8 Å². The van der Waals surface area contributed by atoms with Crippen molar-refractivity contribution < 1.29 is 4.39 Å². The maximum Gasteiger partial charge on any atom is 0.127 e. The summed E-state index contributed by atoms with van der Waals surface area (Å²) < 4.78 is 13.7. The third kappa shape index (κ3) is 3.46. The molecule has 0 aliphatic carbocycles. The quantitative estimate of drug-likeness (QED) is 0.877. The van der Waals surface area contributed by atoms with Crippen LogP contribution in [0, 0.1) is 5.82 Å². The third-order valence-corrected chi connectivity index (χ3v) is 4.40. The van der Waals surface area contributed by atoms with E-state index < -0.39 is 0 Å². The summed E-state index contributed by atoms with van der Waals surface area (Å²) in [4.78, 5) is 0. The SMILES string of the molecule is CCC(NC1CCSCC1)c1ccccc1F. The fraction of sp³-hybridized carbons (Fsp3) is 0.571. The van der Waals surface area contributed by atoms with Gasteiger partial charge in [-0.05, 0) is 36.8 Å². The molecule has 17 heavy (non-hydrogen) atoms. The molecule has 1 aromatic rings. The zero-order valence-electron chi connectivity index (χ0n) is 10.3. The number of nitrogens with one attached hydrogen (secondary N) is 1. The molecule has 0 aromatic heterocycles. The molecule has 1 fully saturated rings. The summed E-state index contributed by atoms with van der Waals surface area (Å²) in [5.74, 6) is 2.37. The summed E-state index contributed by atoms with van der Waals surface area (Å²) in [5.41, 5.74) is 0.813. The Morgan fingerprint density at radius 3 is 2.71 bits per heavy atom. The van der Waals surface area contributed by atoms with E-state index in [1.54, 1.807) is 12.1 Å². The lowest BCUT2D eigenvalue weighted by Crippen LogP contribution is -2.35. The van der Waals surface area contributed by atoms with Gasteiger partial charge >= 0.3 is 0 Å².